The van der Waals surface area contributed by atoms with Crippen molar-refractivity contribution in [3.8, 4) is 5.75 Å². The number of ether oxygens (including phenoxy) is 1. The van der Waals surface area contributed by atoms with Crippen molar-refractivity contribution in [3.05, 3.63) is 59.9 Å². The molecule has 0 radical (unpaired) electrons. The quantitative estimate of drug-likeness (QED) is 0.892. The summed E-state index contributed by atoms with van der Waals surface area (Å²) in [5.41, 5.74) is 0.622. The van der Waals surface area contributed by atoms with Gasteiger partial charge in [0, 0.05) is 5.69 Å². The van der Waals surface area contributed by atoms with Crippen LogP contribution in [0.1, 0.15) is 30.6 Å². The first-order chi connectivity index (χ1) is 10.1. The van der Waals surface area contributed by atoms with Gasteiger partial charge < -0.3 is 10.1 Å². The molecule has 4 heteroatoms. The summed E-state index contributed by atoms with van der Waals surface area (Å²) in [7, 11) is 0. The molecule has 2 aromatic rings. The number of rotatable bonds is 5. The van der Waals surface area contributed by atoms with Gasteiger partial charge in [-0.25, -0.2) is 4.39 Å². The molecule has 0 aliphatic carbocycles. The molecule has 1 amide bonds. The zero-order valence-electron chi connectivity index (χ0n) is 12.1. The summed E-state index contributed by atoms with van der Waals surface area (Å²) in [6.45, 7) is 4.04. The van der Waals surface area contributed by atoms with E-state index in [0.717, 1.165) is 12.2 Å². The highest BCUT2D eigenvalue weighted by Crippen LogP contribution is 2.18. The van der Waals surface area contributed by atoms with Gasteiger partial charge in [0.1, 0.15) is 11.6 Å². The van der Waals surface area contributed by atoms with Gasteiger partial charge in [-0.3, -0.25) is 4.79 Å². The number of amides is 1. The molecule has 0 saturated heterocycles. The van der Waals surface area contributed by atoms with Crippen molar-refractivity contribution in [1.82, 2.24) is 0 Å². The summed E-state index contributed by atoms with van der Waals surface area (Å²) < 4.78 is 19.2. The molecule has 0 saturated carbocycles. The number of carbonyl (C=O) groups is 1. The normalized spacial score (nSPS) is 11.8. The van der Waals surface area contributed by atoms with Gasteiger partial charge in [0.15, 0.2) is 0 Å². The molecule has 0 aromatic heterocycles. The lowest BCUT2D eigenvalue weighted by Crippen LogP contribution is -2.13. The van der Waals surface area contributed by atoms with Gasteiger partial charge in [0.25, 0.3) is 5.91 Å². The summed E-state index contributed by atoms with van der Waals surface area (Å²) >= 11 is 0. The third kappa shape index (κ3) is 4.05. The smallest absolute Gasteiger partial charge is 0.258 e. The predicted octanol–water partition coefficient (Wildman–Crippen LogP) is 4.26. The Bertz CT molecular complexity index is 610. The minimum Gasteiger partial charge on any atom is -0.491 e. The van der Waals surface area contributed by atoms with E-state index in [-0.39, 0.29) is 11.7 Å². The van der Waals surface area contributed by atoms with E-state index in [0.29, 0.717) is 5.69 Å². The average molecular weight is 287 g/mol. The maximum atomic E-state index is 13.5. The summed E-state index contributed by atoms with van der Waals surface area (Å²) in [4.78, 5) is 12.0. The summed E-state index contributed by atoms with van der Waals surface area (Å²) in [5, 5.41) is 2.66. The first-order valence-corrected chi connectivity index (χ1v) is 6.92. The third-order valence-electron chi connectivity index (χ3n) is 3.14. The molecule has 0 aliphatic rings. The number of carbonyl (C=O) groups excluding carboxylic acids is 1. The molecule has 110 valence electrons. The van der Waals surface area contributed by atoms with Gasteiger partial charge in [-0.05, 0) is 49.7 Å². The highest BCUT2D eigenvalue weighted by molar-refractivity contribution is 6.04. The van der Waals surface area contributed by atoms with E-state index >= 15 is 0 Å². The molecule has 21 heavy (non-hydrogen) atoms. The predicted molar refractivity (Wildman–Crippen MR) is 81.2 cm³/mol. The monoisotopic (exact) mass is 287 g/mol. The maximum Gasteiger partial charge on any atom is 0.258 e. The van der Waals surface area contributed by atoms with E-state index in [1.165, 1.54) is 12.1 Å². The third-order valence-corrected chi connectivity index (χ3v) is 3.14. The lowest BCUT2D eigenvalue weighted by atomic mass is 10.2. The van der Waals surface area contributed by atoms with Crippen LogP contribution in [0.15, 0.2) is 48.5 Å². The summed E-state index contributed by atoms with van der Waals surface area (Å²) in [5.74, 6) is -0.261. The second-order valence-corrected chi connectivity index (χ2v) is 4.80. The van der Waals surface area contributed by atoms with Crippen LogP contribution in [0.3, 0.4) is 0 Å². The SMILES string of the molecule is CCC(C)Oc1ccc(NC(=O)c2ccccc2F)cc1. The van der Waals surface area contributed by atoms with Crippen LogP contribution in [0.4, 0.5) is 10.1 Å². The zero-order valence-corrected chi connectivity index (χ0v) is 12.1. The zero-order chi connectivity index (χ0) is 15.2. The molecule has 1 unspecified atom stereocenters. The number of hydrogen-bond donors (Lipinski definition) is 1. The number of nitrogens with one attached hydrogen (secondary N) is 1. The minimum atomic E-state index is -0.535. The van der Waals surface area contributed by atoms with Crippen LogP contribution in [0.2, 0.25) is 0 Å². The Morgan fingerprint density at radius 1 is 1.19 bits per heavy atom. The van der Waals surface area contributed by atoms with Crippen LogP contribution < -0.4 is 10.1 Å². The van der Waals surface area contributed by atoms with Gasteiger partial charge in [-0.2, -0.15) is 0 Å². The van der Waals surface area contributed by atoms with E-state index in [2.05, 4.69) is 5.32 Å². The molecule has 3 nitrogen and oxygen atoms in total. The van der Waals surface area contributed by atoms with Gasteiger partial charge in [0.05, 0.1) is 11.7 Å². The Kier molecular flexibility index (Phi) is 4.93. The molecule has 0 bridgehead atoms. The Labute approximate surface area is 123 Å². The lowest BCUT2D eigenvalue weighted by Gasteiger charge is -2.13. The fourth-order valence-corrected chi connectivity index (χ4v) is 1.78. The minimum absolute atomic E-state index is 0.0254. The molecule has 0 fully saturated rings. The van der Waals surface area contributed by atoms with Crippen LogP contribution in [0.5, 0.6) is 5.75 Å². The topological polar surface area (TPSA) is 38.3 Å². The van der Waals surface area contributed by atoms with Crippen LogP contribution >= 0.6 is 0 Å². The molecular weight excluding hydrogens is 269 g/mol. The lowest BCUT2D eigenvalue weighted by molar-refractivity contribution is 0.102. The molecule has 2 rings (SSSR count). The molecule has 2 aromatic carbocycles. The number of anilines is 1. The van der Waals surface area contributed by atoms with Crippen LogP contribution in [0.25, 0.3) is 0 Å². The van der Waals surface area contributed by atoms with Crippen molar-refractivity contribution in [1.29, 1.82) is 0 Å². The first-order valence-electron chi connectivity index (χ1n) is 6.92. The fourth-order valence-electron chi connectivity index (χ4n) is 1.78. The molecule has 1 atom stereocenters. The van der Waals surface area contributed by atoms with Crippen molar-refractivity contribution >= 4 is 11.6 Å². The number of hydrogen-bond acceptors (Lipinski definition) is 2. The Morgan fingerprint density at radius 2 is 1.86 bits per heavy atom. The van der Waals surface area contributed by atoms with E-state index < -0.39 is 11.7 Å². The second kappa shape index (κ2) is 6.88. The summed E-state index contributed by atoms with van der Waals surface area (Å²) in [6.07, 6.45) is 1.06. The molecule has 1 N–H and O–H groups in total. The number of benzene rings is 2. The first kappa shape index (κ1) is 15.0. The van der Waals surface area contributed by atoms with Gasteiger partial charge in [0.2, 0.25) is 0 Å². The fraction of sp³-hybridized carbons (Fsp3) is 0.235. The van der Waals surface area contributed by atoms with E-state index in [9.17, 15) is 9.18 Å². The molecular formula is C17H18FNO2. The van der Waals surface area contributed by atoms with Gasteiger partial charge in [-0.15, -0.1) is 0 Å². The van der Waals surface area contributed by atoms with Crippen molar-refractivity contribution in [2.75, 3.05) is 5.32 Å². The highest BCUT2D eigenvalue weighted by Gasteiger charge is 2.11. The Balaban J connectivity index is 2.03. The molecule has 0 aliphatic heterocycles. The Morgan fingerprint density at radius 3 is 2.48 bits per heavy atom. The summed E-state index contributed by atoms with van der Waals surface area (Å²) in [6, 6.07) is 12.9. The molecule has 0 heterocycles. The van der Waals surface area contributed by atoms with E-state index in [4.69, 9.17) is 4.74 Å². The Hall–Kier alpha value is -2.36. The van der Waals surface area contributed by atoms with E-state index in [1.807, 2.05) is 13.8 Å². The van der Waals surface area contributed by atoms with Gasteiger partial charge >= 0.3 is 0 Å². The largest absolute Gasteiger partial charge is 0.491 e. The highest BCUT2D eigenvalue weighted by atomic mass is 19.1. The van der Waals surface area contributed by atoms with Crippen molar-refractivity contribution in [3.63, 3.8) is 0 Å². The van der Waals surface area contributed by atoms with Crippen LogP contribution in [-0.4, -0.2) is 12.0 Å². The average Bonchev–Trinajstić information content (AvgIpc) is 2.49. The van der Waals surface area contributed by atoms with Crippen molar-refractivity contribution in [2.24, 2.45) is 0 Å². The molecule has 0 spiro atoms. The van der Waals surface area contributed by atoms with Crippen molar-refractivity contribution in [2.45, 2.75) is 26.4 Å². The standard InChI is InChI=1S/C17H18FNO2/c1-3-12(2)21-14-10-8-13(9-11-14)19-17(20)15-6-4-5-7-16(15)18/h4-12H,3H2,1-2H3,(H,19,20). The van der Waals surface area contributed by atoms with Crippen molar-refractivity contribution < 1.29 is 13.9 Å². The van der Waals surface area contributed by atoms with E-state index in [1.54, 1.807) is 36.4 Å². The maximum absolute atomic E-state index is 13.5. The van der Waals surface area contributed by atoms with Crippen LogP contribution in [0, 0.1) is 5.82 Å². The second-order valence-electron chi connectivity index (χ2n) is 4.80. The van der Waals surface area contributed by atoms with Gasteiger partial charge in [-0.1, -0.05) is 19.1 Å². The number of halogens is 1. The van der Waals surface area contributed by atoms with Crippen LogP contribution in [-0.2, 0) is 0 Å².